The molecule has 0 rings (SSSR count). The molecule has 0 atom stereocenters. The number of aliphatic hydroxyl groups is 1. The number of hydrogen-bond acceptors (Lipinski definition) is 2. The van der Waals surface area contributed by atoms with E-state index in [4.69, 9.17) is 10.2 Å². The van der Waals surface area contributed by atoms with Gasteiger partial charge >= 0.3 is 5.97 Å². The minimum Gasteiger partial charge on any atom is -0.481 e. The van der Waals surface area contributed by atoms with Crippen molar-refractivity contribution in [2.45, 2.75) is 6.42 Å². The molecule has 0 bridgehead atoms. The monoisotopic (exact) mass is 116 g/mol. The summed E-state index contributed by atoms with van der Waals surface area (Å²) in [5.41, 5.74) is 0. The molecule has 3 nitrogen and oxygen atoms in total. The highest BCUT2D eigenvalue weighted by Gasteiger charge is 1.86. The summed E-state index contributed by atoms with van der Waals surface area (Å²) in [6.07, 6.45) is 2.79. The molecular formula is C5H8O3. The van der Waals surface area contributed by atoms with Crippen molar-refractivity contribution in [3.63, 3.8) is 0 Å². The Morgan fingerprint density at radius 2 is 2.12 bits per heavy atom. The molecular weight excluding hydrogens is 108 g/mol. The van der Waals surface area contributed by atoms with Crippen molar-refractivity contribution >= 4 is 5.97 Å². The summed E-state index contributed by atoms with van der Waals surface area (Å²) in [6.45, 7) is -0.0900. The van der Waals surface area contributed by atoms with Crippen LogP contribution in [0.25, 0.3) is 0 Å². The van der Waals surface area contributed by atoms with E-state index < -0.39 is 5.97 Å². The maximum Gasteiger partial charge on any atom is 0.307 e. The van der Waals surface area contributed by atoms with Gasteiger partial charge in [0, 0.05) is 0 Å². The van der Waals surface area contributed by atoms with Gasteiger partial charge in [0.25, 0.3) is 0 Å². The molecule has 0 radical (unpaired) electrons. The number of carbonyl (C=O) groups is 1. The van der Waals surface area contributed by atoms with Crippen molar-refractivity contribution in [1.82, 2.24) is 0 Å². The number of aliphatic carboxylic acids is 1. The van der Waals surface area contributed by atoms with E-state index in [0.29, 0.717) is 0 Å². The van der Waals surface area contributed by atoms with Crippen LogP contribution in [-0.4, -0.2) is 22.8 Å². The summed E-state index contributed by atoms with van der Waals surface area (Å²) in [6, 6.07) is 0. The van der Waals surface area contributed by atoms with Crippen LogP contribution in [0.2, 0.25) is 0 Å². The summed E-state index contributed by atoms with van der Waals surface area (Å²) in [4.78, 5) is 9.74. The molecule has 0 aromatic heterocycles. The first-order valence-electron chi connectivity index (χ1n) is 2.25. The van der Waals surface area contributed by atoms with Gasteiger partial charge in [0.15, 0.2) is 0 Å². The van der Waals surface area contributed by atoms with Crippen LogP contribution in [0.3, 0.4) is 0 Å². The predicted octanol–water partition coefficient (Wildman–Crippen LogP) is 0.00960. The van der Waals surface area contributed by atoms with Crippen molar-refractivity contribution in [2.24, 2.45) is 0 Å². The second-order valence-electron chi connectivity index (χ2n) is 1.25. The van der Waals surface area contributed by atoms with E-state index in [9.17, 15) is 4.79 Å². The number of carboxylic acid groups (broad SMARTS) is 1. The molecule has 0 heterocycles. The van der Waals surface area contributed by atoms with E-state index in [1.165, 1.54) is 12.2 Å². The maximum absolute atomic E-state index is 9.74. The molecule has 0 fully saturated rings. The Hall–Kier alpha value is -0.830. The molecule has 0 spiro atoms. The second-order valence-corrected chi connectivity index (χ2v) is 1.25. The summed E-state index contributed by atoms with van der Waals surface area (Å²) < 4.78 is 0. The van der Waals surface area contributed by atoms with Gasteiger partial charge in [-0.1, -0.05) is 12.2 Å². The molecule has 2 N–H and O–H groups in total. The largest absolute Gasteiger partial charge is 0.481 e. The normalized spacial score (nSPS) is 10.1. The highest BCUT2D eigenvalue weighted by atomic mass is 16.4. The lowest BCUT2D eigenvalue weighted by atomic mass is 10.4. The van der Waals surface area contributed by atoms with Gasteiger partial charge < -0.3 is 10.2 Å². The minimum atomic E-state index is -0.880. The van der Waals surface area contributed by atoms with Crippen molar-refractivity contribution < 1.29 is 15.0 Å². The Morgan fingerprint density at radius 3 is 2.50 bits per heavy atom. The summed E-state index contributed by atoms with van der Waals surface area (Å²) in [5, 5.41) is 16.1. The molecule has 0 aliphatic carbocycles. The van der Waals surface area contributed by atoms with Crippen LogP contribution >= 0.6 is 0 Å². The highest BCUT2D eigenvalue weighted by molar-refractivity contribution is 5.68. The van der Waals surface area contributed by atoms with Crippen molar-refractivity contribution in [3.05, 3.63) is 12.2 Å². The Morgan fingerprint density at radius 1 is 1.50 bits per heavy atom. The van der Waals surface area contributed by atoms with Gasteiger partial charge in [0.1, 0.15) is 0 Å². The van der Waals surface area contributed by atoms with Gasteiger partial charge in [-0.15, -0.1) is 0 Å². The fourth-order valence-electron chi connectivity index (χ4n) is 0.259. The number of hydrogen-bond donors (Lipinski definition) is 2. The average molecular weight is 116 g/mol. The van der Waals surface area contributed by atoms with E-state index >= 15 is 0 Å². The van der Waals surface area contributed by atoms with Crippen molar-refractivity contribution in [1.29, 1.82) is 0 Å². The minimum absolute atomic E-state index is 0.0133. The first-order valence-corrected chi connectivity index (χ1v) is 2.25. The third kappa shape index (κ3) is 5.17. The van der Waals surface area contributed by atoms with Gasteiger partial charge in [-0.25, -0.2) is 0 Å². The molecule has 0 aromatic rings. The van der Waals surface area contributed by atoms with E-state index in [-0.39, 0.29) is 13.0 Å². The molecule has 0 unspecified atom stereocenters. The Balaban J connectivity index is 3.16. The summed E-state index contributed by atoms with van der Waals surface area (Å²) >= 11 is 0. The summed E-state index contributed by atoms with van der Waals surface area (Å²) in [5.74, 6) is -0.880. The Kier molecular flexibility index (Phi) is 3.88. The van der Waals surface area contributed by atoms with E-state index in [1.54, 1.807) is 0 Å². The molecule has 0 saturated heterocycles. The molecule has 0 aliphatic rings. The van der Waals surface area contributed by atoms with Crippen LogP contribution in [0, 0.1) is 0 Å². The Bertz CT molecular complexity index is 95.8. The summed E-state index contributed by atoms with van der Waals surface area (Å²) in [7, 11) is 0. The van der Waals surface area contributed by atoms with Crippen LogP contribution in [0.5, 0.6) is 0 Å². The topological polar surface area (TPSA) is 57.5 Å². The molecule has 0 amide bonds. The Labute approximate surface area is 47.3 Å². The molecule has 0 saturated carbocycles. The third-order valence-electron chi connectivity index (χ3n) is 0.565. The molecule has 0 aromatic carbocycles. The third-order valence-corrected chi connectivity index (χ3v) is 0.565. The van der Waals surface area contributed by atoms with Crippen molar-refractivity contribution in [3.8, 4) is 0 Å². The number of rotatable bonds is 3. The molecule has 46 valence electrons. The highest BCUT2D eigenvalue weighted by Crippen LogP contribution is 1.79. The SMILES string of the molecule is O=C(O)CC=CCO. The lowest BCUT2D eigenvalue weighted by molar-refractivity contribution is -0.136. The van der Waals surface area contributed by atoms with Crippen LogP contribution in [0.1, 0.15) is 6.42 Å². The van der Waals surface area contributed by atoms with Gasteiger partial charge in [0.05, 0.1) is 13.0 Å². The molecule has 3 heteroatoms. The van der Waals surface area contributed by atoms with Crippen LogP contribution in [-0.2, 0) is 4.79 Å². The smallest absolute Gasteiger partial charge is 0.307 e. The zero-order valence-electron chi connectivity index (χ0n) is 4.37. The standard InChI is InChI=1S/C5H8O3/c6-4-2-1-3-5(7)8/h1-2,6H,3-4H2,(H,7,8). The maximum atomic E-state index is 9.74. The van der Waals surface area contributed by atoms with Gasteiger partial charge in [-0.05, 0) is 0 Å². The van der Waals surface area contributed by atoms with Gasteiger partial charge in [-0.2, -0.15) is 0 Å². The van der Waals surface area contributed by atoms with E-state index in [0.717, 1.165) is 0 Å². The second kappa shape index (κ2) is 4.33. The number of carboxylic acids is 1. The van der Waals surface area contributed by atoms with Crippen LogP contribution in [0.15, 0.2) is 12.2 Å². The predicted molar refractivity (Wildman–Crippen MR) is 28.5 cm³/mol. The van der Waals surface area contributed by atoms with Crippen molar-refractivity contribution in [2.75, 3.05) is 6.61 Å². The van der Waals surface area contributed by atoms with Gasteiger partial charge in [-0.3, -0.25) is 4.79 Å². The fourth-order valence-corrected chi connectivity index (χ4v) is 0.259. The lowest BCUT2D eigenvalue weighted by Gasteiger charge is -1.79. The zero-order valence-corrected chi connectivity index (χ0v) is 4.37. The molecule has 8 heavy (non-hydrogen) atoms. The molecule has 0 aliphatic heterocycles. The first kappa shape index (κ1) is 7.17. The van der Waals surface area contributed by atoms with E-state index in [2.05, 4.69) is 0 Å². The average Bonchev–Trinajstić information content (AvgIpc) is 1.66. The fraction of sp³-hybridized carbons (Fsp3) is 0.400. The first-order chi connectivity index (χ1) is 3.77. The lowest BCUT2D eigenvalue weighted by Crippen LogP contribution is -1.89. The quantitative estimate of drug-likeness (QED) is 0.510. The zero-order chi connectivity index (χ0) is 6.41. The van der Waals surface area contributed by atoms with E-state index in [1.807, 2.05) is 0 Å². The van der Waals surface area contributed by atoms with Crippen LogP contribution < -0.4 is 0 Å². The number of aliphatic hydroxyl groups excluding tert-OH is 1. The van der Waals surface area contributed by atoms with Gasteiger partial charge in [0.2, 0.25) is 0 Å². The van der Waals surface area contributed by atoms with Crippen LogP contribution in [0.4, 0.5) is 0 Å².